The van der Waals surface area contributed by atoms with Crippen molar-refractivity contribution in [3.8, 4) is 0 Å². The highest BCUT2D eigenvalue weighted by atomic mass is 32.2. The number of ether oxygens (including phenoxy) is 1. The zero-order valence-electron chi connectivity index (χ0n) is 8.89. The molecule has 0 saturated carbocycles. The molecule has 15 heavy (non-hydrogen) atoms. The summed E-state index contributed by atoms with van der Waals surface area (Å²) in [6.45, 7) is 3.21. The van der Waals surface area contributed by atoms with Crippen molar-refractivity contribution in [1.82, 2.24) is 4.98 Å². The lowest BCUT2D eigenvalue weighted by Crippen LogP contribution is -2.18. The molecule has 1 N–H and O–H groups in total. The molecule has 4 nitrogen and oxygen atoms in total. The Bertz CT molecular complexity index is 241. The topological polar surface area (TPSA) is 55.5 Å². The van der Waals surface area contributed by atoms with Gasteiger partial charge in [0.05, 0.1) is 18.9 Å². The summed E-state index contributed by atoms with van der Waals surface area (Å²) in [5.41, 5.74) is 0. The zero-order chi connectivity index (χ0) is 10.9. The van der Waals surface area contributed by atoms with Gasteiger partial charge in [-0.1, -0.05) is 25.1 Å². The van der Waals surface area contributed by atoms with Crippen LogP contribution in [0.3, 0.4) is 0 Å². The van der Waals surface area contributed by atoms with Crippen molar-refractivity contribution in [2.75, 3.05) is 19.0 Å². The second-order valence-corrected chi connectivity index (χ2v) is 4.16. The van der Waals surface area contributed by atoms with E-state index in [-0.39, 0.29) is 0 Å². The first-order valence-corrected chi connectivity index (χ1v) is 6.09. The van der Waals surface area contributed by atoms with E-state index in [1.54, 1.807) is 6.20 Å². The van der Waals surface area contributed by atoms with Gasteiger partial charge in [0, 0.05) is 12.4 Å². The van der Waals surface area contributed by atoms with Gasteiger partial charge in [-0.3, -0.25) is 0 Å². The molecule has 0 bridgehead atoms. The largest absolute Gasteiger partial charge is 0.440 e. The molecule has 0 aromatic carbocycles. The maximum Gasteiger partial charge on any atom is 0.255 e. The molecular weight excluding hydrogens is 214 g/mol. The van der Waals surface area contributed by atoms with E-state index in [1.165, 1.54) is 18.0 Å². The van der Waals surface area contributed by atoms with Gasteiger partial charge in [-0.25, -0.2) is 4.98 Å². The van der Waals surface area contributed by atoms with Crippen LogP contribution in [0, 0.1) is 0 Å². The van der Waals surface area contributed by atoms with Gasteiger partial charge in [-0.2, -0.15) is 0 Å². The van der Waals surface area contributed by atoms with Crippen molar-refractivity contribution in [3.63, 3.8) is 0 Å². The molecule has 1 aromatic rings. The van der Waals surface area contributed by atoms with Crippen LogP contribution in [0.25, 0.3) is 0 Å². The Labute approximate surface area is 94.0 Å². The number of aliphatic hydroxyl groups excluding tert-OH is 1. The molecule has 1 aromatic heterocycles. The van der Waals surface area contributed by atoms with E-state index in [0.29, 0.717) is 17.6 Å². The van der Waals surface area contributed by atoms with Crippen molar-refractivity contribution < 1.29 is 14.3 Å². The fourth-order valence-electron chi connectivity index (χ4n) is 0.963. The predicted octanol–water partition coefficient (Wildman–Crippen LogP) is 1.94. The van der Waals surface area contributed by atoms with Gasteiger partial charge in [0.15, 0.2) is 0 Å². The summed E-state index contributed by atoms with van der Waals surface area (Å²) < 4.78 is 10.3. The van der Waals surface area contributed by atoms with Crippen molar-refractivity contribution in [3.05, 3.63) is 12.5 Å². The number of nitrogens with zero attached hydrogens (tertiary/aromatic N) is 1. The highest BCUT2D eigenvalue weighted by Crippen LogP contribution is 2.15. The van der Waals surface area contributed by atoms with Crippen LogP contribution in [0.4, 0.5) is 0 Å². The van der Waals surface area contributed by atoms with Crippen LogP contribution in [-0.2, 0) is 4.74 Å². The molecule has 0 amide bonds. The highest BCUT2D eigenvalue weighted by molar-refractivity contribution is 7.99. The summed E-state index contributed by atoms with van der Waals surface area (Å²) in [6.07, 6.45) is 4.80. The number of aromatic nitrogens is 1. The lowest BCUT2D eigenvalue weighted by Gasteiger charge is -2.09. The van der Waals surface area contributed by atoms with E-state index >= 15 is 0 Å². The average molecular weight is 231 g/mol. The molecule has 1 heterocycles. The number of hydrogen-bond acceptors (Lipinski definition) is 5. The lowest BCUT2D eigenvalue weighted by atomic mass is 10.3. The van der Waals surface area contributed by atoms with E-state index in [4.69, 9.17) is 9.15 Å². The molecule has 1 atom stereocenters. The summed E-state index contributed by atoms with van der Waals surface area (Å²) in [6, 6.07) is 0. The number of unbranched alkanes of at least 4 members (excludes halogenated alkanes) is 1. The Morgan fingerprint density at radius 2 is 2.53 bits per heavy atom. The molecule has 0 aliphatic heterocycles. The Hall–Kier alpha value is -0.520. The third-order valence-corrected chi connectivity index (χ3v) is 2.76. The predicted molar refractivity (Wildman–Crippen MR) is 59.0 cm³/mol. The van der Waals surface area contributed by atoms with Crippen LogP contribution in [0.5, 0.6) is 0 Å². The first-order chi connectivity index (χ1) is 7.33. The summed E-state index contributed by atoms with van der Waals surface area (Å²) in [7, 11) is 0. The smallest absolute Gasteiger partial charge is 0.255 e. The molecule has 0 saturated heterocycles. The van der Waals surface area contributed by atoms with Gasteiger partial charge < -0.3 is 14.3 Å². The first kappa shape index (κ1) is 12.5. The number of thioether (sulfide) groups is 1. The fraction of sp³-hybridized carbons (Fsp3) is 0.700. The van der Waals surface area contributed by atoms with E-state index in [1.807, 2.05) is 0 Å². The maximum atomic E-state index is 9.53. The molecule has 0 spiro atoms. The van der Waals surface area contributed by atoms with Gasteiger partial charge in [-0.15, -0.1) is 0 Å². The summed E-state index contributed by atoms with van der Waals surface area (Å²) in [4.78, 5) is 3.94. The number of hydrogen-bond donors (Lipinski definition) is 1. The summed E-state index contributed by atoms with van der Waals surface area (Å²) in [5, 5.41) is 10.1. The lowest BCUT2D eigenvalue weighted by molar-refractivity contribution is 0.0472. The Morgan fingerprint density at radius 1 is 1.67 bits per heavy atom. The minimum atomic E-state index is -0.459. The Kier molecular flexibility index (Phi) is 6.47. The van der Waals surface area contributed by atoms with E-state index in [2.05, 4.69) is 11.9 Å². The minimum Gasteiger partial charge on any atom is -0.440 e. The van der Waals surface area contributed by atoms with E-state index in [9.17, 15) is 5.11 Å². The van der Waals surface area contributed by atoms with Crippen LogP contribution in [0.1, 0.15) is 19.8 Å². The molecule has 0 radical (unpaired) electrons. The molecule has 86 valence electrons. The van der Waals surface area contributed by atoms with Crippen molar-refractivity contribution in [2.45, 2.75) is 31.1 Å². The Balaban J connectivity index is 2.01. The van der Waals surface area contributed by atoms with Crippen LogP contribution in [-0.4, -0.2) is 35.2 Å². The molecule has 0 aliphatic carbocycles. The standard InChI is InChI=1S/C10H17NO3S/c1-2-3-5-13-7-9(12)8-15-10-11-4-6-14-10/h4,6,9,12H,2-3,5,7-8H2,1H3. The zero-order valence-corrected chi connectivity index (χ0v) is 9.70. The SMILES string of the molecule is CCCCOCC(O)CSc1ncco1. The average Bonchev–Trinajstić information content (AvgIpc) is 2.74. The maximum absolute atomic E-state index is 9.53. The van der Waals surface area contributed by atoms with Gasteiger partial charge >= 0.3 is 0 Å². The molecule has 1 unspecified atom stereocenters. The Morgan fingerprint density at radius 3 is 3.20 bits per heavy atom. The van der Waals surface area contributed by atoms with E-state index in [0.717, 1.165) is 19.4 Å². The van der Waals surface area contributed by atoms with Crippen molar-refractivity contribution in [2.24, 2.45) is 0 Å². The third-order valence-electron chi connectivity index (χ3n) is 1.76. The van der Waals surface area contributed by atoms with Crippen LogP contribution < -0.4 is 0 Å². The second kappa shape index (κ2) is 7.73. The molecule has 5 heteroatoms. The van der Waals surface area contributed by atoms with E-state index < -0.39 is 6.10 Å². The monoisotopic (exact) mass is 231 g/mol. The van der Waals surface area contributed by atoms with Gasteiger partial charge in [0.25, 0.3) is 5.22 Å². The van der Waals surface area contributed by atoms with Crippen LogP contribution in [0.15, 0.2) is 22.1 Å². The molecule has 1 rings (SSSR count). The van der Waals surface area contributed by atoms with Gasteiger partial charge in [0.2, 0.25) is 0 Å². The van der Waals surface area contributed by atoms with Crippen molar-refractivity contribution >= 4 is 11.8 Å². The number of aliphatic hydroxyl groups is 1. The molecule has 0 fully saturated rings. The highest BCUT2D eigenvalue weighted by Gasteiger charge is 2.07. The number of oxazole rings is 1. The van der Waals surface area contributed by atoms with Crippen LogP contribution >= 0.6 is 11.8 Å². The second-order valence-electron chi connectivity index (χ2n) is 3.19. The van der Waals surface area contributed by atoms with Gasteiger partial charge in [-0.05, 0) is 6.42 Å². The quantitative estimate of drug-likeness (QED) is 0.547. The molecule has 0 aliphatic rings. The van der Waals surface area contributed by atoms with Crippen LogP contribution in [0.2, 0.25) is 0 Å². The third kappa shape index (κ3) is 5.81. The normalized spacial score (nSPS) is 12.9. The fourth-order valence-corrected chi connectivity index (χ4v) is 1.65. The summed E-state index contributed by atoms with van der Waals surface area (Å²) >= 11 is 1.39. The molecular formula is C10H17NO3S. The van der Waals surface area contributed by atoms with Crippen molar-refractivity contribution in [1.29, 1.82) is 0 Å². The number of rotatable bonds is 8. The minimum absolute atomic E-state index is 0.383. The van der Waals surface area contributed by atoms with Gasteiger partial charge in [0.1, 0.15) is 6.26 Å². The summed E-state index contributed by atoms with van der Waals surface area (Å²) in [5.74, 6) is 0.548. The first-order valence-electron chi connectivity index (χ1n) is 5.11.